The third kappa shape index (κ3) is 5.09. The zero-order valence-corrected chi connectivity index (χ0v) is 16.3. The molecule has 0 unspecified atom stereocenters. The average Bonchev–Trinajstić information content (AvgIpc) is 2.57. The van der Waals surface area contributed by atoms with Gasteiger partial charge in [-0.25, -0.2) is 8.42 Å². The van der Waals surface area contributed by atoms with Crippen LogP contribution in [0.2, 0.25) is 0 Å². The van der Waals surface area contributed by atoms with Crippen molar-refractivity contribution < 1.29 is 22.6 Å². The summed E-state index contributed by atoms with van der Waals surface area (Å²) in [6, 6.07) is 4.84. The molecule has 0 bridgehead atoms. The molecule has 0 saturated carbocycles. The number of rotatable bonds is 8. The molecule has 1 saturated heterocycles. The summed E-state index contributed by atoms with van der Waals surface area (Å²) in [5.74, 6) is 1.06. The van der Waals surface area contributed by atoms with Crippen LogP contribution >= 0.6 is 0 Å². The van der Waals surface area contributed by atoms with Gasteiger partial charge in [-0.15, -0.1) is 0 Å². The standard InChI is InChI=1S/C18H29NO5S/c1-5-9-22-17-8-7-16(11-18(17)23-10-6-2)25(20,21)19-12-14(3)24-15(4)13-19/h7-8,11,14-15H,5-6,9-10,12-13H2,1-4H3/t14-,15+. The Hall–Kier alpha value is -1.31. The van der Waals surface area contributed by atoms with E-state index in [1.54, 1.807) is 18.2 Å². The lowest BCUT2D eigenvalue weighted by Gasteiger charge is -2.34. The van der Waals surface area contributed by atoms with Crippen LogP contribution < -0.4 is 9.47 Å². The summed E-state index contributed by atoms with van der Waals surface area (Å²) in [5.41, 5.74) is 0. The van der Waals surface area contributed by atoms with Gasteiger partial charge in [0.2, 0.25) is 10.0 Å². The van der Waals surface area contributed by atoms with Gasteiger partial charge >= 0.3 is 0 Å². The van der Waals surface area contributed by atoms with E-state index in [0.717, 1.165) is 12.8 Å². The van der Waals surface area contributed by atoms with Crippen LogP contribution in [-0.2, 0) is 14.8 Å². The van der Waals surface area contributed by atoms with Crippen LogP contribution in [0.25, 0.3) is 0 Å². The highest BCUT2D eigenvalue weighted by Crippen LogP contribution is 2.32. The molecule has 2 rings (SSSR count). The van der Waals surface area contributed by atoms with Crippen LogP contribution in [0.3, 0.4) is 0 Å². The zero-order valence-electron chi connectivity index (χ0n) is 15.5. The minimum atomic E-state index is -3.59. The lowest BCUT2D eigenvalue weighted by molar-refractivity contribution is -0.0440. The number of hydrogen-bond donors (Lipinski definition) is 0. The van der Waals surface area contributed by atoms with Gasteiger partial charge in [0.25, 0.3) is 0 Å². The topological polar surface area (TPSA) is 65.1 Å². The summed E-state index contributed by atoms with van der Waals surface area (Å²) in [5, 5.41) is 0. The van der Waals surface area contributed by atoms with Crippen LogP contribution in [0.1, 0.15) is 40.5 Å². The number of benzene rings is 1. The molecule has 6 nitrogen and oxygen atoms in total. The molecular weight excluding hydrogens is 342 g/mol. The van der Waals surface area contributed by atoms with Gasteiger partial charge in [-0.3, -0.25) is 0 Å². The monoisotopic (exact) mass is 371 g/mol. The van der Waals surface area contributed by atoms with Crippen LogP contribution in [0, 0.1) is 0 Å². The Bertz CT molecular complexity index is 651. The van der Waals surface area contributed by atoms with Crippen LogP contribution in [0.5, 0.6) is 11.5 Å². The van der Waals surface area contributed by atoms with Crippen LogP contribution in [0.4, 0.5) is 0 Å². The fourth-order valence-corrected chi connectivity index (χ4v) is 4.39. The summed E-state index contributed by atoms with van der Waals surface area (Å²) >= 11 is 0. The molecule has 1 aromatic rings. The molecule has 142 valence electrons. The molecular formula is C18H29NO5S. The van der Waals surface area contributed by atoms with Gasteiger partial charge in [0.1, 0.15) is 0 Å². The normalized spacial score (nSPS) is 21.9. The third-order valence-corrected chi connectivity index (χ3v) is 5.69. The molecule has 0 spiro atoms. The minimum absolute atomic E-state index is 0.124. The van der Waals surface area contributed by atoms with Crippen molar-refractivity contribution in [1.29, 1.82) is 0 Å². The number of sulfonamides is 1. The lowest BCUT2D eigenvalue weighted by Crippen LogP contribution is -2.48. The van der Waals surface area contributed by atoms with Crippen LogP contribution in [-0.4, -0.2) is 51.2 Å². The van der Waals surface area contributed by atoms with E-state index in [9.17, 15) is 8.42 Å². The SMILES string of the molecule is CCCOc1ccc(S(=O)(=O)N2C[C@@H](C)O[C@@H](C)C2)cc1OCCC. The van der Waals surface area contributed by atoms with Gasteiger partial charge in [0.15, 0.2) is 11.5 Å². The quantitative estimate of drug-likeness (QED) is 0.703. The van der Waals surface area contributed by atoms with Crippen molar-refractivity contribution in [2.75, 3.05) is 26.3 Å². The van der Waals surface area contributed by atoms with E-state index in [1.165, 1.54) is 4.31 Å². The molecule has 1 aromatic carbocycles. The Kier molecular flexibility index (Phi) is 7.10. The van der Waals surface area contributed by atoms with Crippen molar-refractivity contribution in [3.05, 3.63) is 18.2 Å². The molecule has 0 N–H and O–H groups in total. The first-order valence-electron chi connectivity index (χ1n) is 8.93. The Morgan fingerprint density at radius 1 is 1.04 bits per heavy atom. The van der Waals surface area contributed by atoms with Crippen LogP contribution in [0.15, 0.2) is 23.1 Å². The smallest absolute Gasteiger partial charge is 0.243 e. The molecule has 1 fully saturated rings. The molecule has 0 aliphatic carbocycles. The average molecular weight is 371 g/mol. The van der Waals surface area contributed by atoms with E-state index in [1.807, 2.05) is 27.7 Å². The van der Waals surface area contributed by atoms with Crippen molar-refractivity contribution in [3.8, 4) is 11.5 Å². The second-order valence-corrected chi connectivity index (χ2v) is 8.32. The predicted molar refractivity (Wildman–Crippen MR) is 96.8 cm³/mol. The first-order chi connectivity index (χ1) is 11.9. The molecule has 2 atom stereocenters. The van der Waals surface area contributed by atoms with E-state index in [4.69, 9.17) is 14.2 Å². The maximum absolute atomic E-state index is 13.0. The van der Waals surface area contributed by atoms with E-state index in [0.29, 0.717) is 37.8 Å². The predicted octanol–water partition coefficient (Wildman–Crippen LogP) is 3.06. The molecule has 0 radical (unpaired) electrons. The molecule has 7 heteroatoms. The number of hydrogen-bond acceptors (Lipinski definition) is 5. The number of nitrogens with zero attached hydrogens (tertiary/aromatic N) is 1. The Morgan fingerprint density at radius 2 is 1.60 bits per heavy atom. The number of morpholine rings is 1. The van der Waals surface area contributed by atoms with E-state index in [2.05, 4.69) is 0 Å². The summed E-state index contributed by atoms with van der Waals surface area (Å²) in [6.45, 7) is 9.57. The first-order valence-corrected chi connectivity index (χ1v) is 10.4. The van der Waals surface area contributed by atoms with Gasteiger partial charge in [-0.1, -0.05) is 13.8 Å². The highest BCUT2D eigenvalue weighted by atomic mass is 32.2. The lowest BCUT2D eigenvalue weighted by atomic mass is 10.3. The van der Waals surface area contributed by atoms with E-state index in [-0.39, 0.29) is 17.1 Å². The Morgan fingerprint density at radius 3 is 2.16 bits per heavy atom. The molecule has 0 amide bonds. The van der Waals surface area contributed by atoms with Gasteiger partial charge in [0, 0.05) is 19.2 Å². The minimum Gasteiger partial charge on any atom is -0.490 e. The van der Waals surface area contributed by atoms with E-state index >= 15 is 0 Å². The van der Waals surface area contributed by atoms with Gasteiger partial charge in [0.05, 0.1) is 30.3 Å². The summed E-state index contributed by atoms with van der Waals surface area (Å²) in [4.78, 5) is 0.226. The second-order valence-electron chi connectivity index (χ2n) is 6.38. The summed E-state index contributed by atoms with van der Waals surface area (Å²) in [7, 11) is -3.59. The van der Waals surface area contributed by atoms with E-state index < -0.39 is 10.0 Å². The van der Waals surface area contributed by atoms with Gasteiger partial charge < -0.3 is 14.2 Å². The van der Waals surface area contributed by atoms with Crippen molar-refractivity contribution in [2.24, 2.45) is 0 Å². The fraction of sp³-hybridized carbons (Fsp3) is 0.667. The third-order valence-electron chi connectivity index (χ3n) is 3.86. The maximum Gasteiger partial charge on any atom is 0.243 e. The molecule has 1 aliphatic rings. The highest BCUT2D eigenvalue weighted by Gasteiger charge is 2.32. The largest absolute Gasteiger partial charge is 0.490 e. The fourth-order valence-electron chi connectivity index (χ4n) is 2.78. The van der Waals surface area contributed by atoms with Crippen molar-refractivity contribution >= 4 is 10.0 Å². The number of ether oxygens (including phenoxy) is 3. The Labute approximate surface area is 151 Å². The van der Waals surface area contributed by atoms with Crippen molar-refractivity contribution in [1.82, 2.24) is 4.31 Å². The molecule has 1 aliphatic heterocycles. The second kappa shape index (κ2) is 8.87. The van der Waals surface area contributed by atoms with Crippen molar-refractivity contribution in [2.45, 2.75) is 57.6 Å². The zero-order chi connectivity index (χ0) is 18.4. The summed E-state index contributed by atoms with van der Waals surface area (Å²) in [6.07, 6.45) is 1.46. The van der Waals surface area contributed by atoms with Crippen molar-refractivity contribution in [3.63, 3.8) is 0 Å². The van der Waals surface area contributed by atoms with Gasteiger partial charge in [-0.2, -0.15) is 4.31 Å². The first kappa shape index (κ1) is 20.0. The highest BCUT2D eigenvalue weighted by molar-refractivity contribution is 7.89. The molecule has 0 aromatic heterocycles. The van der Waals surface area contributed by atoms with Gasteiger partial charge in [-0.05, 0) is 38.8 Å². The summed E-state index contributed by atoms with van der Waals surface area (Å²) < 4.78 is 44.5. The molecule has 1 heterocycles. The maximum atomic E-state index is 13.0. The molecule has 25 heavy (non-hydrogen) atoms. The Balaban J connectivity index is 2.30.